The van der Waals surface area contributed by atoms with Crippen LogP contribution < -0.4 is 16.0 Å². The Labute approximate surface area is 170 Å². The van der Waals surface area contributed by atoms with Crippen LogP contribution in [0.5, 0.6) is 0 Å². The minimum atomic E-state index is -2.97. The lowest BCUT2D eigenvalue weighted by Crippen LogP contribution is -2.11. The first-order valence-corrected chi connectivity index (χ1v) is 11.4. The zero-order valence-electron chi connectivity index (χ0n) is 16.8. The molecule has 0 saturated heterocycles. The van der Waals surface area contributed by atoms with Crippen molar-refractivity contribution in [1.82, 2.24) is 9.97 Å². The van der Waals surface area contributed by atoms with E-state index in [9.17, 15) is 9.00 Å². The Morgan fingerprint density at radius 2 is 2.03 bits per heavy atom. The molecule has 1 aliphatic rings. The van der Waals surface area contributed by atoms with Gasteiger partial charge in [0.25, 0.3) is 0 Å². The van der Waals surface area contributed by atoms with Crippen LogP contribution in [-0.2, 0) is 14.5 Å². The van der Waals surface area contributed by atoms with Gasteiger partial charge in [-0.1, -0.05) is 0 Å². The number of amides is 1. The number of rotatable bonds is 2. The normalized spacial score (nSPS) is 15.7. The Bertz CT molecular complexity index is 1020. The van der Waals surface area contributed by atoms with Crippen LogP contribution in [-0.4, -0.2) is 46.2 Å². The number of nitrogens with zero attached hydrogens (tertiary/aromatic N) is 3. The van der Waals surface area contributed by atoms with Crippen LogP contribution >= 0.6 is 0 Å². The minimum Gasteiger partial charge on any atom is -0.448 e. The Kier molecular flexibility index (Phi) is 6.53. The van der Waals surface area contributed by atoms with Crippen LogP contribution in [0.3, 0.4) is 0 Å². The average molecular weight is 419 g/mol. The van der Waals surface area contributed by atoms with Crippen molar-refractivity contribution in [2.75, 3.05) is 41.9 Å². The summed E-state index contributed by atoms with van der Waals surface area (Å²) >= 11 is 0. The van der Waals surface area contributed by atoms with E-state index in [1.165, 1.54) is 6.26 Å². The summed E-state index contributed by atoms with van der Waals surface area (Å²) in [5.41, 5.74) is 2.36. The second kappa shape index (κ2) is 9.08. The highest BCUT2D eigenvalue weighted by molar-refractivity contribution is 7.93. The number of carbonyl (C=O) groups excluding carboxylic acids is 1. The molecule has 3 rings (SSSR count). The zero-order chi connectivity index (χ0) is 20.9. The highest BCUT2D eigenvalue weighted by Gasteiger charge is 2.16. The Morgan fingerprint density at radius 3 is 2.79 bits per heavy atom. The molecule has 0 fully saturated rings. The Morgan fingerprint density at radius 1 is 1.28 bits per heavy atom. The van der Waals surface area contributed by atoms with Crippen molar-refractivity contribution in [3.63, 3.8) is 0 Å². The van der Waals surface area contributed by atoms with Crippen LogP contribution in [0.4, 0.5) is 27.9 Å². The molecular formula is C19H26N6O3S. The van der Waals surface area contributed by atoms with Crippen molar-refractivity contribution < 1.29 is 13.7 Å². The number of fused-ring (bicyclic) bond motifs is 4. The fraction of sp³-hybridized carbons (Fsp3) is 0.421. The number of aryl methyl sites for hydroxylation is 1. The average Bonchev–Trinajstić information content (AvgIpc) is 2.67. The maximum absolute atomic E-state index is 13.1. The molecule has 1 aromatic heterocycles. The van der Waals surface area contributed by atoms with Gasteiger partial charge in [0, 0.05) is 36.8 Å². The van der Waals surface area contributed by atoms with Crippen molar-refractivity contribution in [3.05, 3.63) is 30.0 Å². The van der Waals surface area contributed by atoms with E-state index in [1.807, 2.05) is 13.0 Å². The van der Waals surface area contributed by atoms with Gasteiger partial charge < -0.3 is 20.7 Å². The third kappa shape index (κ3) is 5.35. The summed E-state index contributed by atoms with van der Waals surface area (Å²) in [5.74, 6) is 1.26. The van der Waals surface area contributed by atoms with Gasteiger partial charge in [-0.3, -0.25) is 0 Å². The lowest BCUT2D eigenvalue weighted by molar-refractivity contribution is 0.164. The van der Waals surface area contributed by atoms with E-state index in [0.717, 1.165) is 36.5 Å². The van der Waals surface area contributed by atoms with Crippen LogP contribution in [0, 0.1) is 6.92 Å². The second-order valence-electron chi connectivity index (χ2n) is 6.71. The largest absolute Gasteiger partial charge is 0.448 e. The number of hydrogen-bond donors (Lipinski definition) is 3. The standard InChI is InChI=1S/C19H26N6O3S/c1-4-28-19(26)25-29(3,27)16-8-7-14-11-15(16)20-9-5-6-10-21-17-13(2)12-22-18(23-14)24-17/h7-8,11-12,20H,4-6,9-10H2,1-3H3,(H2,21,22,23,24). The molecule has 0 spiro atoms. The van der Waals surface area contributed by atoms with E-state index in [0.29, 0.717) is 23.1 Å². The second-order valence-corrected chi connectivity index (χ2v) is 8.94. The molecule has 1 aliphatic heterocycles. The molecule has 2 aromatic rings. The van der Waals surface area contributed by atoms with Gasteiger partial charge >= 0.3 is 6.09 Å². The Hall–Kier alpha value is -2.88. The monoisotopic (exact) mass is 418 g/mol. The van der Waals surface area contributed by atoms with E-state index >= 15 is 0 Å². The van der Waals surface area contributed by atoms with Gasteiger partial charge in [0.1, 0.15) is 5.82 Å². The third-order valence-electron chi connectivity index (χ3n) is 4.34. The number of benzene rings is 1. The van der Waals surface area contributed by atoms with Gasteiger partial charge in [0.05, 0.1) is 26.9 Å². The molecule has 0 saturated carbocycles. The maximum atomic E-state index is 13.1. The van der Waals surface area contributed by atoms with Crippen LogP contribution in [0.25, 0.3) is 0 Å². The molecule has 1 unspecified atom stereocenters. The smallest absolute Gasteiger partial charge is 0.442 e. The van der Waals surface area contributed by atoms with E-state index in [-0.39, 0.29) is 6.61 Å². The topological polar surface area (TPSA) is 118 Å². The molecule has 29 heavy (non-hydrogen) atoms. The summed E-state index contributed by atoms with van der Waals surface area (Å²) in [6.45, 7) is 5.29. The Balaban J connectivity index is 2.00. The molecule has 1 atom stereocenters. The number of aromatic nitrogens is 2. The molecule has 156 valence electrons. The van der Waals surface area contributed by atoms with E-state index in [1.54, 1.807) is 25.3 Å². The molecule has 9 nitrogen and oxygen atoms in total. The first-order chi connectivity index (χ1) is 13.9. The number of nitrogens with one attached hydrogen (secondary N) is 3. The summed E-state index contributed by atoms with van der Waals surface area (Å²) in [6, 6.07) is 5.29. The van der Waals surface area contributed by atoms with Gasteiger partial charge in [-0.2, -0.15) is 4.98 Å². The number of ether oxygens (including phenoxy) is 1. The minimum absolute atomic E-state index is 0.179. The van der Waals surface area contributed by atoms with E-state index < -0.39 is 15.8 Å². The summed E-state index contributed by atoms with van der Waals surface area (Å²) in [7, 11) is -2.97. The highest BCUT2D eigenvalue weighted by atomic mass is 32.2. The maximum Gasteiger partial charge on any atom is 0.442 e. The first kappa shape index (κ1) is 20.8. The van der Waals surface area contributed by atoms with Crippen LogP contribution in [0.1, 0.15) is 25.3 Å². The number of carbonyl (C=O) groups is 1. The fourth-order valence-electron chi connectivity index (χ4n) is 2.91. The molecule has 1 aromatic carbocycles. The van der Waals surface area contributed by atoms with E-state index in [2.05, 4.69) is 30.3 Å². The predicted molar refractivity (Wildman–Crippen MR) is 114 cm³/mol. The molecule has 4 bridgehead atoms. The van der Waals surface area contributed by atoms with Gasteiger partial charge in [0.15, 0.2) is 0 Å². The highest BCUT2D eigenvalue weighted by Crippen LogP contribution is 2.28. The first-order valence-electron chi connectivity index (χ1n) is 9.50. The molecular weight excluding hydrogens is 392 g/mol. The summed E-state index contributed by atoms with van der Waals surface area (Å²) < 4.78 is 21.7. The molecule has 3 N–H and O–H groups in total. The van der Waals surface area contributed by atoms with Gasteiger partial charge in [-0.25, -0.2) is 14.0 Å². The lowest BCUT2D eigenvalue weighted by Gasteiger charge is -2.15. The molecule has 0 aliphatic carbocycles. The SMILES string of the molecule is CCOC(=O)N=S(C)(=O)c1ccc2cc1NCCCCNc1nc(ncc1C)N2. The van der Waals surface area contributed by atoms with Gasteiger partial charge in [-0.15, -0.1) is 4.36 Å². The van der Waals surface area contributed by atoms with E-state index in [4.69, 9.17) is 4.74 Å². The molecule has 1 amide bonds. The van der Waals surface area contributed by atoms with Gasteiger partial charge in [0.2, 0.25) is 5.95 Å². The molecule has 10 heteroatoms. The molecule has 0 radical (unpaired) electrons. The summed E-state index contributed by atoms with van der Waals surface area (Å²) in [5, 5.41) is 9.83. The quantitative estimate of drug-likeness (QED) is 0.675. The third-order valence-corrected chi connectivity index (χ3v) is 6.01. The number of anilines is 4. The predicted octanol–water partition coefficient (Wildman–Crippen LogP) is 3.76. The van der Waals surface area contributed by atoms with Gasteiger partial charge in [-0.05, 0) is 44.9 Å². The fourth-order valence-corrected chi connectivity index (χ4v) is 4.20. The van der Waals surface area contributed by atoms with Crippen molar-refractivity contribution in [2.45, 2.75) is 31.6 Å². The zero-order valence-corrected chi connectivity index (χ0v) is 17.6. The lowest BCUT2D eigenvalue weighted by atomic mass is 10.2. The van der Waals surface area contributed by atoms with Crippen molar-refractivity contribution in [3.8, 4) is 0 Å². The van der Waals surface area contributed by atoms with Crippen LogP contribution in [0.2, 0.25) is 0 Å². The molecule has 2 heterocycles. The van der Waals surface area contributed by atoms with Crippen molar-refractivity contribution in [1.29, 1.82) is 0 Å². The van der Waals surface area contributed by atoms with Crippen LogP contribution in [0.15, 0.2) is 33.7 Å². The summed E-state index contributed by atoms with van der Waals surface area (Å²) in [6.07, 6.45) is 4.21. The number of hydrogen-bond acceptors (Lipinski definition) is 8. The summed E-state index contributed by atoms with van der Waals surface area (Å²) in [4.78, 5) is 21.1. The van der Waals surface area contributed by atoms with Crippen molar-refractivity contribution >= 4 is 39.0 Å². The van der Waals surface area contributed by atoms with Crippen molar-refractivity contribution in [2.24, 2.45) is 4.36 Å².